The molecule has 0 radical (unpaired) electrons. The third-order valence-electron chi connectivity index (χ3n) is 5.13. The van der Waals surface area contributed by atoms with E-state index >= 15 is 0 Å². The minimum Gasteiger partial charge on any atom is -0.478 e. The van der Waals surface area contributed by atoms with Crippen LogP contribution >= 0.6 is 11.6 Å². The predicted molar refractivity (Wildman–Crippen MR) is 121 cm³/mol. The molecule has 3 aromatic rings. The smallest absolute Gasteiger partial charge is 0.263 e. The SMILES string of the molecule is C[C@H](NC(=O)C(C)(C)Oc1ccncc1)[C@@H](Cc1ccc(Cl)cc1)c1ccccc1. The average Bonchev–Trinajstić information content (AvgIpc) is 2.74. The van der Waals surface area contributed by atoms with Crippen LogP contribution in [0.5, 0.6) is 5.75 Å². The molecule has 0 aliphatic heterocycles. The van der Waals surface area contributed by atoms with Crippen LogP contribution in [-0.2, 0) is 11.2 Å². The number of hydrogen-bond acceptors (Lipinski definition) is 3. The Morgan fingerprint density at radius 3 is 2.30 bits per heavy atom. The number of nitrogens with zero attached hydrogens (tertiary/aromatic N) is 1. The molecule has 0 fully saturated rings. The Hall–Kier alpha value is -2.85. The summed E-state index contributed by atoms with van der Waals surface area (Å²) in [7, 11) is 0. The highest BCUT2D eigenvalue weighted by Crippen LogP contribution is 2.26. The van der Waals surface area contributed by atoms with Crippen LogP contribution < -0.4 is 10.1 Å². The molecule has 2 aromatic carbocycles. The lowest BCUT2D eigenvalue weighted by Gasteiger charge is -2.31. The summed E-state index contributed by atoms with van der Waals surface area (Å²) in [6, 6.07) is 21.5. The number of nitrogens with one attached hydrogen (secondary N) is 1. The summed E-state index contributed by atoms with van der Waals surface area (Å²) in [5.41, 5.74) is 1.33. The van der Waals surface area contributed by atoms with E-state index in [-0.39, 0.29) is 17.9 Å². The molecule has 1 aromatic heterocycles. The van der Waals surface area contributed by atoms with Gasteiger partial charge in [0.15, 0.2) is 5.60 Å². The van der Waals surface area contributed by atoms with Crippen molar-refractivity contribution in [3.8, 4) is 5.75 Å². The number of hydrogen-bond donors (Lipinski definition) is 1. The summed E-state index contributed by atoms with van der Waals surface area (Å²) < 4.78 is 5.91. The number of benzene rings is 2. The lowest BCUT2D eigenvalue weighted by molar-refractivity contribution is -0.135. The van der Waals surface area contributed by atoms with Crippen LogP contribution in [0.2, 0.25) is 5.02 Å². The summed E-state index contributed by atoms with van der Waals surface area (Å²) in [6.45, 7) is 5.58. The molecule has 0 aliphatic carbocycles. The standard InChI is InChI=1S/C25H27ClN2O2/c1-18(28-24(29)25(2,3)30-22-13-15-27-16-14-22)23(20-7-5-4-6-8-20)17-19-9-11-21(26)12-10-19/h4-16,18,23H,17H2,1-3H3,(H,28,29)/t18-,23+/m0/s1. The predicted octanol–water partition coefficient (Wildman–Crippen LogP) is 5.42. The highest BCUT2D eigenvalue weighted by Gasteiger charge is 2.32. The van der Waals surface area contributed by atoms with E-state index in [0.29, 0.717) is 10.8 Å². The average molecular weight is 423 g/mol. The minimum absolute atomic E-state index is 0.101. The van der Waals surface area contributed by atoms with Crippen LogP contribution in [0.15, 0.2) is 79.1 Å². The number of rotatable bonds is 8. The van der Waals surface area contributed by atoms with E-state index in [9.17, 15) is 4.79 Å². The van der Waals surface area contributed by atoms with Gasteiger partial charge in [-0.15, -0.1) is 0 Å². The van der Waals surface area contributed by atoms with E-state index in [2.05, 4.69) is 22.4 Å². The van der Waals surface area contributed by atoms with Crippen molar-refractivity contribution < 1.29 is 9.53 Å². The van der Waals surface area contributed by atoms with E-state index in [1.54, 1.807) is 38.4 Å². The zero-order chi connectivity index (χ0) is 21.6. The van der Waals surface area contributed by atoms with Crippen molar-refractivity contribution in [2.24, 2.45) is 0 Å². The molecular weight excluding hydrogens is 396 g/mol. The second kappa shape index (κ2) is 9.77. The summed E-state index contributed by atoms with van der Waals surface area (Å²) in [5.74, 6) is 0.551. The van der Waals surface area contributed by atoms with Gasteiger partial charge in [-0.3, -0.25) is 9.78 Å². The lowest BCUT2D eigenvalue weighted by Crippen LogP contribution is -2.51. The Morgan fingerprint density at radius 2 is 1.67 bits per heavy atom. The Labute approximate surface area is 183 Å². The van der Waals surface area contributed by atoms with Crippen molar-refractivity contribution >= 4 is 17.5 Å². The molecule has 1 amide bonds. The van der Waals surface area contributed by atoms with Gasteiger partial charge in [0, 0.05) is 29.4 Å². The second-order valence-corrected chi connectivity index (χ2v) is 8.34. The van der Waals surface area contributed by atoms with Gasteiger partial charge in [0.05, 0.1) is 0 Å². The second-order valence-electron chi connectivity index (χ2n) is 7.91. The largest absolute Gasteiger partial charge is 0.478 e. The first-order valence-corrected chi connectivity index (χ1v) is 10.4. The molecule has 3 rings (SSSR count). The molecule has 0 spiro atoms. The van der Waals surface area contributed by atoms with Crippen molar-refractivity contribution in [3.63, 3.8) is 0 Å². The van der Waals surface area contributed by atoms with Crippen molar-refractivity contribution in [2.45, 2.75) is 44.8 Å². The summed E-state index contributed by atoms with van der Waals surface area (Å²) in [6.07, 6.45) is 4.07. The molecule has 156 valence electrons. The zero-order valence-corrected chi connectivity index (χ0v) is 18.3. The fourth-order valence-electron chi connectivity index (χ4n) is 3.39. The van der Waals surface area contributed by atoms with Gasteiger partial charge in [0.1, 0.15) is 5.75 Å². The normalized spacial score (nSPS) is 13.3. The van der Waals surface area contributed by atoms with Gasteiger partial charge in [0.2, 0.25) is 0 Å². The molecule has 4 nitrogen and oxygen atoms in total. The van der Waals surface area contributed by atoms with Gasteiger partial charge < -0.3 is 10.1 Å². The summed E-state index contributed by atoms with van der Waals surface area (Å²) in [5, 5.41) is 3.88. The van der Waals surface area contributed by atoms with E-state index < -0.39 is 5.60 Å². The van der Waals surface area contributed by atoms with E-state index in [1.165, 1.54) is 11.1 Å². The maximum atomic E-state index is 13.0. The minimum atomic E-state index is -1.02. The summed E-state index contributed by atoms with van der Waals surface area (Å²) >= 11 is 6.04. The highest BCUT2D eigenvalue weighted by atomic mass is 35.5. The molecule has 0 saturated carbocycles. The molecular formula is C25H27ClN2O2. The molecule has 2 atom stereocenters. The van der Waals surface area contributed by atoms with Crippen molar-refractivity contribution in [1.29, 1.82) is 0 Å². The van der Waals surface area contributed by atoms with Crippen LogP contribution in [-0.4, -0.2) is 22.5 Å². The van der Waals surface area contributed by atoms with Gasteiger partial charge >= 0.3 is 0 Å². The Kier molecular flexibility index (Phi) is 7.11. The number of carbonyl (C=O) groups excluding carboxylic acids is 1. The van der Waals surface area contributed by atoms with Crippen LogP contribution in [0.1, 0.15) is 37.8 Å². The number of aromatic nitrogens is 1. The van der Waals surface area contributed by atoms with Gasteiger partial charge in [-0.2, -0.15) is 0 Å². The van der Waals surface area contributed by atoms with Crippen LogP contribution in [0.4, 0.5) is 0 Å². The van der Waals surface area contributed by atoms with Gasteiger partial charge in [-0.05, 0) is 62.6 Å². The molecule has 0 unspecified atom stereocenters. The highest BCUT2D eigenvalue weighted by molar-refractivity contribution is 6.30. The van der Waals surface area contributed by atoms with E-state index in [1.807, 2.05) is 49.4 Å². The third-order valence-corrected chi connectivity index (χ3v) is 5.38. The first-order chi connectivity index (χ1) is 14.3. The number of halogens is 1. The van der Waals surface area contributed by atoms with Gasteiger partial charge in [-0.25, -0.2) is 0 Å². The number of carbonyl (C=O) groups is 1. The first kappa shape index (κ1) is 21.8. The molecule has 1 heterocycles. The van der Waals surface area contributed by atoms with Crippen molar-refractivity contribution in [1.82, 2.24) is 10.3 Å². The summed E-state index contributed by atoms with van der Waals surface area (Å²) in [4.78, 5) is 17.0. The molecule has 0 bridgehead atoms. The van der Waals surface area contributed by atoms with E-state index in [4.69, 9.17) is 16.3 Å². The third kappa shape index (κ3) is 5.83. The number of ether oxygens (including phenoxy) is 1. The van der Waals surface area contributed by atoms with Gasteiger partial charge in [-0.1, -0.05) is 54.1 Å². The maximum Gasteiger partial charge on any atom is 0.263 e. The quantitative estimate of drug-likeness (QED) is 0.527. The Balaban J connectivity index is 1.76. The van der Waals surface area contributed by atoms with E-state index in [0.717, 1.165) is 6.42 Å². The van der Waals surface area contributed by atoms with Crippen LogP contribution in [0.25, 0.3) is 0 Å². The maximum absolute atomic E-state index is 13.0. The molecule has 0 saturated heterocycles. The zero-order valence-electron chi connectivity index (χ0n) is 17.5. The molecule has 1 N–H and O–H groups in total. The molecule has 30 heavy (non-hydrogen) atoms. The number of pyridine rings is 1. The number of amides is 1. The molecule has 5 heteroatoms. The lowest BCUT2D eigenvalue weighted by atomic mass is 9.86. The Morgan fingerprint density at radius 1 is 1.03 bits per heavy atom. The monoisotopic (exact) mass is 422 g/mol. The molecule has 0 aliphatic rings. The topological polar surface area (TPSA) is 51.2 Å². The van der Waals surface area contributed by atoms with Crippen LogP contribution in [0.3, 0.4) is 0 Å². The fraction of sp³-hybridized carbons (Fsp3) is 0.280. The Bertz CT molecular complexity index is 944. The van der Waals surface area contributed by atoms with Crippen molar-refractivity contribution in [2.75, 3.05) is 0 Å². The van der Waals surface area contributed by atoms with Gasteiger partial charge in [0.25, 0.3) is 5.91 Å². The van der Waals surface area contributed by atoms with Crippen molar-refractivity contribution in [3.05, 3.63) is 95.3 Å². The first-order valence-electron chi connectivity index (χ1n) is 10.0. The fourth-order valence-corrected chi connectivity index (χ4v) is 3.51. The van der Waals surface area contributed by atoms with Crippen LogP contribution in [0, 0.1) is 0 Å².